The van der Waals surface area contributed by atoms with Crippen LogP contribution < -0.4 is 36.5 Å². The van der Waals surface area contributed by atoms with Gasteiger partial charge in [0.1, 0.15) is 24.7 Å². The molecule has 2 aliphatic heterocycles. The van der Waals surface area contributed by atoms with Gasteiger partial charge in [-0.25, -0.2) is 33.3 Å². The molecule has 2 saturated heterocycles. The zero-order chi connectivity index (χ0) is 47.5. The largest absolute Gasteiger partial charge is 0.862 e. The molecule has 0 amide bonds. The van der Waals surface area contributed by atoms with Crippen LogP contribution in [0.3, 0.4) is 0 Å². The lowest BCUT2D eigenvalue weighted by atomic mass is 10.1. The summed E-state index contributed by atoms with van der Waals surface area (Å²) in [4.78, 5) is 85.0. The molecule has 2 fully saturated rings. The van der Waals surface area contributed by atoms with Crippen LogP contribution in [0.5, 0.6) is 11.8 Å². The molecule has 0 spiro atoms. The highest BCUT2D eigenvalue weighted by Crippen LogP contribution is 2.64. The number of hydrogen-bond acceptors (Lipinski definition) is 23. The number of ether oxygens (including phenoxy) is 2. The normalized spacial score (nSPS) is 24.8. The molecule has 4 heterocycles. The van der Waals surface area contributed by atoms with E-state index in [1.165, 1.54) is 18.3 Å². The minimum absolute atomic E-state index is 0.0162. The van der Waals surface area contributed by atoms with Gasteiger partial charge in [-0.05, 0) is 41.1 Å². The number of rotatable bonds is 26. The van der Waals surface area contributed by atoms with Crippen molar-refractivity contribution in [3.63, 3.8) is 0 Å². The average Bonchev–Trinajstić information content (AvgIpc) is 3.73. The van der Waals surface area contributed by atoms with E-state index in [9.17, 15) is 77.8 Å². The predicted molar refractivity (Wildman–Crippen MR) is 208 cm³/mol. The van der Waals surface area contributed by atoms with E-state index in [1.54, 1.807) is 0 Å². The number of hydrogen-bond donors (Lipinski definition) is 5. The van der Waals surface area contributed by atoms with Gasteiger partial charge in [0.15, 0.2) is 0 Å². The first kappa shape index (κ1) is 54.0. The molecule has 0 aliphatic carbocycles. The Bertz CT molecular complexity index is 2280. The number of aliphatic hydroxyl groups excluding tert-OH is 2. The average molecular weight is 1060 g/mol. The molecule has 4 rings (SSSR count). The highest BCUT2D eigenvalue weighted by molar-refractivity contribution is 9.10. The molecule has 5 N–H and O–H groups in total. The van der Waals surface area contributed by atoms with Crippen molar-refractivity contribution in [2.45, 2.75) is 101 Å². The zero-order valence-electron chi connectivity index (χ0n) is 33.2. The molecule has 362 valence electrons. The van der Waals surface area contributed by atoms with Gasteiger partial charge in [-0.3, -0.25) is 27.0 Å². The number of aliphatic imine (C=N–C) groups is 1. The maximum absolute atomic E-state index is 12.4. The summed E-state index contributed by atoms with van der Waals surface area (Å²) >= 11 is 2.98. The molecule has 2 aromatic rings. The van der Waals surface area contributed by atoms with Crippen molar-refractivity contribution in [3.8, 4) is 11.8 Å². The van der Waals surface area contributed by atoms with Gasteiger partial charge in [0.25, 0.3) is 0 Å². The summed E-state index contributed by atoms with van der Waals surface area (Å²) in [5.41, 5.74) is -2.10. The second-order valence-corrected chi connectivity index (χ2v) is 20.6. The van der Waals surface area contributed by atoms with Crippen LogP contribution in [0, 0.1) is 0 Å². The van der Waals surface area contributed by atoms with Crippen molar-refractivity contribution in [3.05, 3.63) is 49.5 Å². The monoisotopic (exact) mass is 1060 g/mol. The number of phosphoric ester groups is 2. The van der Waals surface area contributed by atoms with Gasteiger partial charge in [-0.15, -0.1) is 0 Å². The lowest BCUT2D eigenvalue weighted by Gasteiger charge is -2.29. The van der Waals surface area contributed by atoms with Crippen LogP contribution >= 0.6 is 47.2 Å². The van der Waals surface area contributed by atoms with Crippen LogP contribution in [-0.4, -0.2) is 101 Å². The van der Waals surface area contributed by atoms with E-state index in [2.05, 4.69) is 44.0 Å². The number of aromatic nitrogens is 4. The van der Waals surface area contributed by atoms with Gasteiger partial charge in [0.05, 0.1) is 46.4 Å². The van der Waals surface area contributed by atoms with Gasteiger partial charge >= 0.3 is 34.8 Å². The molecule has 0 aromatic carbocycles. The van der Waals surface area contributed by atoms with E-state index < -0.39 is 110 Å². The van der Waals surface area contributed by atoms with Crippen LogP contribution in [0.1, 0.15) is 82.2 Å². The Morgan fingerprint density at radius 2 is 1.30 bits per heavy atom. The Kier molecular flexibility index (Phi) is 20.2. The zero-order valence-corrected chi connectivity index (χ0v) is 38.3. The summed E-state index contributed by atoms with van der Waals surface area (Å²) < 4.78 is 80.5. The fraction of sp³-hybridized carbons (Fsp3) is 0.645. The van der Waals surface area contributed by atoms with Gasteiger partial charge in [-0.2, -0.15) is 4.31 Å². The molecule has 33 heteroatoms. The minimum Gasteiger partial charge on any atom is -0.862 e. The Hall–Kier alpha value is -2.59. The molecule has 0 radical (unpaired) electrons. The predicted octanol–water partition coefficient (Wildman–Crippen LogP) is -1.19. The van der Waals surface area contributed by atoms with E-state index in [-0.39, 0.29) is 42.5 Å². The highest BCUT2D eigenvalue weighted by Gasteiger charge is 2.41. The third-order valence-corrected chi connectivity index (χ3v) is 14.3. The first-order valence-corrected chi connectivity index (χ1v) is 25.7. The first-order valence-electron chi connectivity index (χ1n) is 19.0. The Morgan fingerprint density at radius 1 is 0.781 bits per heavy atom. The number of halogens is 1. The number of unbranched alkanes of at least 4 members (excludes halogenated alkanes) is 6. The van der Waals surface area contributed by atoms with E-state index in [0.717, 1.165) is 41.0 Å². The third-order valence-electron chi connectivity index (χ3n) is 9.02. The lowest BCUT2D eigenvalue weighted by Crippen LogP contribution is -2.29. The maximum atomic E-state index is 12.4. The van der Waals surface area contributed by atoms with Crippen LogP contribution in [0.4, 0.5) is 0 Å². The van der Waals surface area contributed by atoms with Crippen LogP contribution in [0.2, 0.25) is 0 Å². The fourth-order valence-electron chi connectivity index (χ4n) is 6.02. The Balaban J connectivity index is 1.08. The van der Waals surface area contributed by atoms with Crippen molar-refractivity contribution in [1.29, 1.82) is 0 Å². The van der Waals surface area contributed by atoms with E-state index in [1.807, 2.05) is 0 Å². The van der Waals surface area contributed by atoms with E-state index >= 15 is 0 Å². The number of phosphoric acid groups is 4. The SMILES string of the molecule is O=c1nc([O-])c(Br)cn1[C@H]1C[C@H](O)[C@@H](COP(=O)(O)OCCCCCCCCCC([O-])=NC/C=C/c2cn([C@H]3C[C@H](O)[C@@H](COP(=O)(O)OP(=O)(O)OP(=O)([O-])[O-])O3)c(=O)nc2[O-])O1. The smallest absolute Gasteiger partial charge is 0.484 e. The van der Waals surface area contributed by atoms with Crippen LogP contribution in [-0.2, 0) is 49.9 Å². The molecule has 2 aromatic heterocycles. The highest BCUT2D eigenvalue weighted by atomic mass is 79.9. The summed E-state index contributed by atoms with van der Waals surface area (Å²) in [5.74, 6) is -2.09. The van der Waals surface area contributed by atoms with Crippen molar-refractivity contribution >= 4 is 59.2 Å². The quantitative estimate of drug-likeness (QED) is 0.0320. The van der Waals surface area contributed by atoms with E-state index in [0.29, 0.717) is 19.3 Å². The Labute approximate surface area is 371 Å². The number of nitrogens with zero attached hydrogens (tertiary/aromatic N) is 5. The van der Waals surface area contributed by atoms with Gasteiger partial charge < -0.3 is 69.0 Å². The van der Waals surface area contributed by atoms with Crippen LogP contribution in [0.15, 0.2) is 37.5 Å². The summed E-state index contributed by atoms with van der Waals surface area (Å²) in [6.07, 6.45) is 2.03. The molecule has 9 atom stereocenters. The summed E-state index contributed by atoms with van der Waals surface area (Å²) in [6, 6.07) is 0. The molecular weight excluding hydrogens is 1010 g/mol. The molecule has 0 bridgehead atoms. The van der Waals surface area contributed by atoms with Gasteiger partial charge in [-0.1, -0.05) is 44.3 Å². The van der Waals surface area contributed by atoms with Crippen LogP contribution in [0.25, 0.3) is 6.08 Å². The van der Waals surface area contributed by atoms with Gasteiger partial charge in [0.2, 0.25) is 0 Å². The molecular formula is C31H43BrN5O23P4-5. The first-order chi connectivity index (χ1) is 29.8. The fourth-order valence-corrected chi connectivity index (χ4v) is 10.1. The summed E-state index contributed by atoms with van der Waals surface area (Å²) in [5, 5.41) is 56.7. The summed E-state index contributed by atoms with van der Waals surface area (Å²) in [6.45, 7) is -1.71. The second kappa shape index (κ2) is 23.9. The standard InChI is InChI=1S/C31H48BrN5O23P4/c32-20-16-37(31(44)35-29(20)42)27-14-22(39)23(58-27)17-55-62(48,49)54-12-7-5-3-1-2-4-6-10-25(40)33-11-8-9-19-15-36(30(43)34-28(19)41)26-13-21(38)24(57-26)18-56-63(50,51)60-64(52,53)59-61(45,46)47/h8-9,15-16,21-24,26-27,38-39H,1-7,10-14,17-18H2,(H,33,40)(H,48,49)(H,50,51)(H,52,53)(H,34,41,43)(H,35,42,44)(H2,45,46,47)/p-5/b9-8+/t21-,22-,23+,24+,26+,27+/m0/s1. The third kappa shape index (κ3) is 17.9. The molecule has 3 unspecified atom stereocenters. The van der Waals surface area contributed by atoms with Gasteiger partial charge in [0, 0.05) is 47.0 Å². The lowest BCUT2D eigenvalue weighted by molar-refractivity contribution is -0.334. The molecule has 0 saturated carbocycles. The summed E-state index contributed by atoms with van der Waals surface area (Å²) in [7, 11) is -22.1. The maximum Gasteiger partial charge on any atom is 0.484 e. The van der Waals surface area contributed by atoms with Crippen molar-refractivity contribution < 1.29 is 99.9 Å². The molecule has 2 aliphatic rings. The Morgan fingerprint density at radius 3 is 1.88 bits per heavy atom. The van der Waals surface area contributed by atoms with Crippen molar-refractivity contribution in [2.24, 2.45) is 4.99 Å². The van der Waals surface area contributed by atoms with Crippen molar-refractivity contribution in [2.75, 3.05) is 26.4 Å². The second-order valence-electron chi connectivity index (χ2n) is 13.9. The molecule has 28 nitrogen and oxygen atoms in total. The molecule has 64 heavy (non-hydrogen) atoms. The van der Waals surface area contributed by atoms with E-state index in [4.69, 9.17) is 18.5 Å². The van der Waals surface area contributed by atoms with Crippen molar-refractivity contribution in [1.82, 2.24) is 19.1 Å². The number of aliphatic hydroxyl groups is 2. The topological polar surface area (TPSA) is 431 Å². The minimum atomic E-state index is -6.12.